The molecule has 0 aliphatic carbocycles. The predicted octanol–water partition coefficient (Wildman–Crippen LogP) is 3.66. The summed E-state index contributed by atoms with van der Waals surface area (Å²) in [6.07, 6.45) is 3.51. The minimum atomic E-state index is -1.70. The van der Waals surface area contributed by atoms with Crippen molar-refractivity contribution in [3.8, 4) is 0 Å². The van der Waals surface area contributed by atoms with Crippen LogP contribution in [0.25, 0.3) is 0 Å². The highest BCUT2D eigenvalue weighted by Gasteiger charge is 2.51. The maximum atomic E-state index is 11.5. The van der Waals surface area contributed by atoms with Crippen molar-refractivity contribution in [2.24, 2.45) is 69.9 Å². The van der Waals surface area contributed by atoms with Gasteiger partial charge in [0, 0.05) is 0 Å². The van der Waals surface area contributed by atoms with Gasteiger partial charge in [-0.2, -0.15) is 0 Å². The third-order valence-electron chi connectivity index (χ3n) is 12.0. The van der Waals surface area contributed by atoms with E-state index in [1.165, 1.54) is 6.92 Å². The molecule has 4 aliphatic rings. The number of carbonyl (C=O) groups excluding carboxylic acids is 6. The number of carbonyl (C=O) groups is 6. The number of aliphatic hydroxyl groups excluding tert-OH is 1. The molecule has 0 radical (unpaired) electrons. The van der Waals surface area contributed by atoms with Gasteiger partial charge in [-0.05, 0) is 115 Å². The topological polar surface area (TPSA) is 349 Å². The highest BCUT2D eigenvalue weighted by molar-refractivity contribution is 5.98. The van der Waals surface area contributed by atoms with Crippen molar-refractivity contribution < 1.29 is 57.9 Å². The lowest BCUT2D eigenvalue weighted by molar-refractivity contribution is -0.141. The van der Waals surface area contributed by atoms with Crippen LogP contribution in [0.2, 0.25) is 0 Å². The fourth-order valence-electron chi connectivity index (χ4n) is 6.70. The van der Waals surface area contributed by atoms with Crippen LogP contribution in [-0.2, 0) is 47.7 Å². The third-order valence-corrected chi connectivity index (χ3v) is 12.0. The molecule has 71 heavy (non-hydrogen) atoms. The minimum Gasteiger partial charge on any atom is -0.393 e. The van der Waals surface area contributed by atoms with E-state index in [0.717, 1.165) is 25.7 Å². The van der Waals surface area contributed by atoms with Gasteiger partial charge in [0.15, 0.2) is 34.7 Å². The molecule has 4 aliphatic heterocycles. The maximum Gasteiger partial charge on any atom is 0.183 e. The Labute approximate surface area is 427 Å². The average Bonchev–Trinajstić information content (AvgIpc) is 4.06. The van der Waals surface area contributed by atoms with Gasteiger partial charge in [0.1, 0.15) is 28.0 Å². The van der Waals surface area contributed by atoms with Crippen LogP contribution in [0.15, 0.2) is 12.2 Å². The number of nitrogens with two attached hydrogens (primary N) is 6. The van der Waals surface area contributed by atoms with Gasteiger partial charge in [-0.1, -0.05) is 89.7 Å². The van der Waals surface area contributed by atoms with Crippen molar-refractivity contribution in [3.63, 3.8) is 0 Å². The monoisotopic (exact) mass is 1010 g/mol. The van der Waals surface area contributed by atoms with Crippen LogP contribution < -0.4 is 34.4 Å². The Balaban J connectivity index is 0. The molecular weight excluding hydrogens is 913 g/mol. The summed E-state index contributed by atoms with van der Waals surface area (Å²) in [7, 11) is 0. The summed E-state index contributed by atoms with van der Waals surface area (Å²) in [4.78, 5) is 68.5. The zero-order valence-corrected chi connectivity index (χ0v) is 47.1. The quantitative estimate of drug-likeness (QED) is 0.0505. The molecule has 0 unspecified atom stereocenters. The Hall–Kier alpha value is -2.72. The van der Waals surface area contributed by atoms with Gasteiger partial charge in [0.25, 0.3) is 0 Å². The van der Waals surface area contributed by atoms with Crippen molar-refractivity contribution in [1.29, 1.82) is 0 Å². The molecule has 0 aromatic carbocycles. The number of hydrogen-bond donors (Lipinski definition) is 8. The Morgan fingerprint density at radius 1 is 0.493 bits per heavy atom. The first-order chi connectivity index (χ1) is 32.1. The molecule has 0 amide bonds. The Bertz CT molecular complexity index is 1600. The summed E-state index contributed by atoms with van der Waals surface area (Å²) in [5.74, 6) is 2.03. The van der Waals surface area contributed by atoms with E-state index in [2.05, 4.69) is 48.1 Å². The number of ether oxygens (including phenoxy) is 4. The summed E-state index contributed by atoms with van der Waals surface area (Å²) in [6.45, 7) is 39.5. The Morgan fingerprint density at radius 2 is 0.718 bits per heavy atom. The summed E-state index contributed by atoms with van der Waals surface area (Å²) in [5, 5.41) is 18.1. The molecule has 4 heterocycles. The van der Waals surface area contributed by atoms with Gasteiger partial charge >= 0.3 is 0 Å². The van der Waals surface area contributed by atoms with E-state index in [9.17, 15) is 33.9 Å². The largest absolute Gasteiger partial charge is 0.393 e. The normalized spacial score (nSPS) is 25.8. The fourth-order valence-corrected chi connectivity index (χ4v) is 6.70. The molecule has 4 saturated heterocycles. The first-order valence-electron chi connectivity index (χ1n) is 25.4. The minimum absolute atomic E-state index is 0.0151. The van der Waals surface area contributed by atoms with E-state index in [4.69, 9.17) is 58.5 Å². The van der Waals surface area contributed by atoms with Crippen LogP contribution in [0, 0.1) is 35.5 Å². The van der Waals surface area contributed by atoms with Crippen molar-refractivity contribution >= 4 is 34.7 Å². The lowest BCUT2D eigenvalue weighted by Crippen LogP contribution is -2.49. The van der Waals surface area contributed by atoms with E-state index in [1.54, 1.807) is 34.6 Å². The van der Waals surface area contributed by atoms with Crippen molar-refractivity contribution in [1.82, 2.24) is 0 Å². The molecule has 0 aromatic rings. The number of rotatable bonds is 24. The summed E-state index contributed by atoms with van der Waals surface area (Å²) in [6, 6.07) is -2.47. The van der Waals surface area contributed by atoms with Gasteiger partial charge in [-0.25, -0.2) is 0 Å². The van der Waals surface area contributed by atoms with Gasteiger partial charge < -0.3 is 63.6 Å². The van der Waals surface area contributed by atoms with E-state index in [0.29, 0.717) is 68.0 Å². The van der Waals surface area contributed by atoms with E-state index in [-0.39, 0.29) is 65.0 Å². The number of Topliss-reactive ketones (excluding diaryl/α,β-unsaturated/α-hetero) is 6. The number of hydrogen-bond acceptors (Lipinski definition) is 18. The van der Waals surface area contributed by atoms with Crippen molar-refractivity contribution in [2.75, 3.05) is 33.0 Å². The molecular formula is C53H102N6O12. The highest BCUT2D eigenvalue weighted by Crippen LogP contribution is 2.31. The molecule has 0 saturated carbocycles. The van der Waals surface area contributed by atoms with E-state index in [1.807, 2.05) is 41.5 Å². The lowest BCUT2D eigenvalue weighted by atomic mass is 9.91. The van der Waals surface area contributed by atoms with Crippen LogP contribution in [0.3, 0.4) is 0 Å². The zero-order chi connectivity index (χ0) is 56.4. The Morgan fingerprint density at radius 3 is 0.915 bits per heavy atom. The summed E-state index contributed by atoms with van der Waals surface area (Å²) in [5.41, 5.74) is 30.6. The standard InChI is InChI=1S/C9H19NO3.3C9H17NO2.C9H17NO.C8H15NO2/c1-6(2)4-7(10)8(12)9(3,13)5-11;3*1-6(2)4-7(10)8(11)9(3)5-12-9;1-6(2)5-8(10)9(11)7(3)4;1-5(2)6(9)7(10)8(3)4-11-8/h6-7,11,13H,4-5,10H2,1-3H3;3*6-7H,4-5,10H2,1-3H3;6,8H,3,5,10H2,1-2,4H3;5-6H,4,9H2,1-3H3/t2*7-,9+;2*7-,9-;8-;6-,8+/m011000/s1. The van der Waals surface area contributed by atoms with Crippen molar-refractivity contribution in [3.05, 3.63) is 12.2 Å². The predicted molar refractivity (Wildman–Crippen MR) is 280 cm³/mol. The summed E-state index contributed by atoms with van der Waals surface area (Å²) >= 11 is 0. The lowest BCUT2D eigenvalue weighted by Gasteiger charge is -2.23. The smallest absolute Gasteiger partial charge is 0.183 e. The second-order valence-electron chi connectivity index (χ2n) is 23.4. The van der Waals surface area contributed by atoms with Gasteiger partial charge in [-0.3, -0.25) is 28.8 Å². The van der Waals surface area contributed by atoms with Gasteiger partial charge in [0.2, 0.25) is 0 Å². The van der Waals surface area contributed by atoms with Crippen LogP contribution >= 0.6 is 0 Å². The molecule has 11 atom stereocenters. The molecule has 0 bridgehead atoms. The average molecular weight is 1020 g/mol. The molecule has 18 nitrogen and oxygen atoms in total. The van der Waals surface area contributed by atoms with Crippen molar-refractivity contribution in [2.45, 2.75) is 221 Å². The molecule has 0 spiro atoms. The van der Waals surface area contributed by atoms with Gasteiger partial charge in [0.05, 0.1) is 69.3 Å². The van der Waals surface area contributed by atoms with Crippen LogP contribution in [0.1, 0.15) is 157 Å². The fraction of sp³-hybridized carbons (Fsp3) is 0.849. The summed E-state index contributed by atoms with van der Waals surface area (Å²) < 4.78 is 20.1. The number of aliphatic hydroxyl groups is 2. The molecule has 416 valence electrons. The third kappa shape index (κ3) is 27.4. The van der Waals surface area contributed by atoms with E-state index < -0.39 is 46.4 Å². The molecule has 14 N–H and O–H groups in total. The molecule has 4 fully saturated rings. The second kappa shape index (κ2) is 30.6. The van der Waals surface area contributed by atoms with Crippen LogP contribution in [0.5, 0.6) is 0 Å². The first kappa shape index (κ1) is 70.4. The first-order valence-corrected chi connectivity index (χ1v) is 25.4. The second-order valence-corrected chi connectivity index (χ2v) is 23.4. The zero-order valence-electron chi connectivity index (χ0n) is 47.1. The van der Waals surface area contributed by atoms with E-state index >= 15 is 0 Å². The maximum absolute atomic E-state index is 11.5. The number of epoxide rings is 4. The number of ketones is 6. The van der Waals surface area contributed by atoms with Crippen LogP contribution in [0.4, 0.5) is 0 Å². The Kier molecular flexibility index (Phi) is 30.3. The van der Waals surface area contributed by atoms with Crippen LogP contribution in [-0.4, -0.2) is 142 Å². The molecule has 0 aromatic heterocycles. The van der Waals surface area contributed by atoms with Gasteiger partial charge in [-0.15, -0.1) is 0 Å². The SMILES string of the molecule is C=C(C)C(=O)[C@@H](N)CC(C)C.CC(C)C[C@@H](N)C(=O)[C@@]1(C)CO1.CC(C)C[C@@H](N)C(=O)[C@]1(C)CO1.CC(C)C[C@H](N)C(=O)[C@](C)(O)CO.CC(C)C[C@H](N)C(=O)[C@]1(C)CO1.CC(C)[C@H](N)C(=O)[C@@]1(C)CO1. The molecule has 4 rings (SSSR count). The highest BCUT2D eigenvalue weighted by atomic mass is 16.6. The molecule has 18 heteroatoms.